The summed E-state index contributed by atoms with van der Waals surface area (Å²) in [5.74, 6) is -6.63. The smallest absolute Gasteiger partial charge is 0.271 e. The predicted octanol–water partition coefficient (Wildman–Crippen LogP) is 8.31. The van der Waals surface area contributed by atoms with Crippen LogP contribution in [-0.4, -0.2) is 68.0 Å². The second-order valence-corrected chi connectivity index (χ2v) is 15.8. The zero-order chi connectivity index (χ0) is 39.9. The van der Waals surface area contributed by atoms with Crippen LogP contribution in [0.25, 0.3) is 33.6 Å². The summed E-state index contributed by atoms with van der Waals surface area (Å²) in [6.45, 7) is 9.01. The highest BCUT2D eigenvalue weighted by Crippen LogP contribution is 2.37. The van der Waals surface area contributed by atoms with Gasteiger partial charge in [0.2, 0.25) is 0 Å². The van der Waals surface area contributed by atoms with Crippen molar-refractivity contribution >= 4 is 11.8 Å². The molecule has 2 saturated heterocycles. The molecule has 2 aromatic heterocycles. The van der Waals surface area contributed by atoms with Crippen LogP contribution in [0.15, 0.2) is 54.9 Å². The quantitative estimate of drug-likeness (QED) is 0.113. The summed E-state index contributed by atoms with van der Waals surface area (Å²) in [6.07, 6.45) is 2.09. The molecule has 0 spiro atoms. The zero-order valence-corrected chi connectivity index (χ0v) is 31.7. The third-order valence-electron chi connectivity index (χ3n) is 10.6. The number of nitrogens with zero attached hydrogens (tertiary/aromatic N) is 2. The van der Waals surface area contributed by atoms with E-state index in [2.05, 4.69) is 30.6 Å². The molecule has 6 rings (SSSR count). The Morgan fingerprint density at radius 2 is 1.09 bits per heavy atom. The number of ether oxygens (including phenoxy) is 2. The summed E-state index contributed by atoms with van der Waals surface area (Å²) in [5.41, 5.74) is 0.754. The fourth-order valence-corrected chi connectivity index (χ4v) is 6.74. The molecule has 0 bridgehead atoms. The van der Waals surface area contributed by atoms with Gasteiger partial charge < -0.3 is 30.1 Å². The Hall–Kier alpha value is -4.63. The third-order valence-corrected chi connectivity index (χ3v) is 10.6. The van der Waals surface area contributed by atoms with Gasteiger partial charge in [0.25, 0.3) is 23.7 Å². The number of aromatic amines is 2. The van der Waals surface area contributed by atoms with Crippen molar-refractivity contribution in [3.63, 3.8) is 0 Å². The van der Waals surface area contributed by atoms with Crippen molar-refractivity contribution in [1.29, 1.82) is 0 Å². The molecule has 15 heteroatoms. The van der Waals surface area contributed by atoms with Crippen molar-refractivity contribution in [3.05, 3.63) is 72.3 Å². The number of hydrogen-bond acceptors (Lipinski definition) is 6. The van der Waals surface area contributed by atoms with E-state index in [9.17, 15) is 27.2 Å². The van der Waals surface area contributed by atoms with Gasteiger partial charge in [-0.25, -0.2) is 31.9 Å². The van der Waals surface area contributed by atoms with E-state index in [1.807, 2.05) is 39.8 Å². The van der Waals surface area contributed by atoms with Gasteiger partial charge in [-0.1, -0.05) is 64.1 Å². The number of aromatic nitrogens is 4. The predicted molar refractivity (Wildman–Crippen MR) is 196 cm³/mol. The van der Waals surface area contributed by atoms with Crippen molar-refractivity contribution in [2.75, 3.05) is 13.2 Å². The molecule has 10 nitrogen and oxygen atoms in total. The van der Waals surface area contributed by atoms with E-state index in [-0.39, 0.29) is 24.7 Å². The first-order valence-corrected chi connectivity index (χ1v) is 18.4. The second kappa shape index (κ2) is 15.1. The maximum Gasteiger partial charge on any atom is 0.271 e. The lowest BCUT2D eigenvalue weighted by molar-refractivity contribution is -0.190. The van der Waals surface area contributed by atoms with Crippen molar-refractivity contribution in [2.45, 2.75) is 102 Å². The van der Waals surface area contributed by atoms with Gasteiger partial charge in [0.1, 0.15) is 41.9 Å². The van der Waals surface area contributed by atoms with Crippen LogP contribution in [0.2, 0.25) is 0 Å². The van der Waals surface area contributed by atoms with Gasteiger partial charge in [-0.15, -0.1) is 0 Å². The highest BCUT2D eigenvalue weighted by Gasteiger charge is 2.48. The Morgan fingerprint density at radius 1 is 0.673 bits per heavy atom. The molecule has 2 aromatic carbocycles. The number of rotatable bonds is 11. The van der Waals surface area contributed by atoms with Crippen LogP contribution in [0.5, 0.6) is 0 Å². The molecule has 4 aromatic rings. The Morgan fingerprint density at radius 3 is 1.49 bits per heavy atom. The maximum atomic E-state index is 15.6. The van der Waals surface area contributed by atoms with E-state index >= 15 is 4.39 Å². The van der Waals surface area contributed by atoms with Gasteiger partial charge in [0.05, 0.1) is 35.9 Å². The number of nitrogens with one attached hydrogen (secondary N) is 4. The van der Waals surface area contributed by atoms with Crippen LogP contribution in [-0.2, 0) is 19.1 Å². The van der Waals surface area contributed by atoms with Gasteiger partial charge >= 0.3 is 0 Å². The average molecular weight is 771 g/mol. The first kappa shape index (κ1) is 40.0. The van der Waals surface area contributed by atoms with Crippen LogP contribution in [0.3, 0.4) is 0 Å². The molecule has 296 valence electrons. The largest absolute Gasteiger partial charge is 0.359 e. The second-order valence-electron chi connectivity index (χ2n) is 15.8. The number of alkyl halides is 4. The standard InChI is InChI=1S/C40H47F5N6O4/c1-22(2)31(50-35(52)37(5)13-15-39(42,43)20-54-37)33-46-18-29(48-33)25-9-7-24(8-10-25)27-12-11-26(17-28(27)41)30-19-47-34(49-30)32(23(3)4)51-36(53)38(6)14-16-40(44,45)21-55-38/h7-12,17-19,22-23,31-32H,13-16,20-21H2,1-6H3,(H,46,48)(H,47,49)(H,50,52)(H,51,53)/t31?,32?,37-,38-/m1/s1. The number of amides is 2. The van der Waals surface area contributed by atoms with Gasteiger partial charge in [0, 0.05) is 24.0 Å². The minimum absolute atomic E-state index is 0.0822. The summed E-state index contributed by atoms with van der Waals surface area (Å²) < 4.78 is 80.9. The molecule has 4 atom stereocenters. The highest BCUT2D eigenvalue weighted by atomic mass is 19.3. The summed E-state index contributed by atoms with van der Waals surface area (Å²) in [7, 11) is 0. The fraction of sp³-hybridized carbons (Fsp3) is 0.500. The van der Waals surface area contributed by atoms with E-state index in [4.69, 9.17) is 9.47 Å². The van der Waals surface area contributed by atoms with Gasteiger partial charge in [-0.05, 0) is 55.7 Å². The number of imidazole rings is 2. The minimum atomic E-state index is -2.96. The van der Waals surface area contributed by atoms with E-state index in [0.717, 1.165) is 5.56 Å². The molecule has 55 heavy (non-hydrogen) atoms. The van der Waals surface area contributed by atoms with Crippen molar-refractivity contribution in [1.82, 2.24) is 30.6 Å². The number of benzene rings is 2. The van der Waals surface area contributed by atoms with Crippen LogP contribution in [0.1, 0.15) is 91.0 Å². The monoisotopic (exact) mass is 770 g/mol. The van der Waals surface area contributed by atoms with Crippen LogP contribution in [0.4, 0.5) is 22.0 Å². The molecule has 0 radical (unpaired) electrons. The molecular weight excluding hydrogens is 723 g/mol. The lowest BCUT2D eigenvalue weighted by Crippen LogP contribution is -2.53. The number of halogens is 5. The summed E-state index contributed by atoms with van der Waals surface area (Å²) >= 11 is 0. The number of carbonyl (C=O) groups excluding carboxylic acids is 2. The first-order chi connectivity index (χ1) is 25.8. The molecule has 4 N–H and O–H groups in total. The zero-order valence-electron chi connectivity index (χ0n) is 31.7. The average Bonchev–Trinajstić information content (AvgIpc) is 3.83. The third kappa shape index (κ3) is 8.77. The van der Waals surface area contributed by atoms with E-state index in [0.29, 0.717) is 39.7 Å². The lowest BCUT2D eigenvalue weighted by Gasteiger charge is -2.37. The number of carbonyl (C=O) groups is 2. The fourth-order valence-electron chi connectivity index (χ4n) is 6.74. The Labute approximate surface area is 316 Å². The minimum Gasteiger partial charge on any atom is -0.359 e. The topological polar surface area (TPSA) is 134 Å². The molecule has 2 unspecified atom stereocenters. The van der Waals surface area contributed by atoms with E-state index in [1.54, 1.807) is 36.7 Å². The number of hydrogen-bond donors (Lipinski definition) is 4. The van der Waals surface area contributed by atoms with Gasteiger partial charge in [0.15, 0.2) is 0 Å². The van der Waals surface area contributed by atoms with Crippen LogP contribution >= 0.6 is 0 Å². The SMILES string of the molecule is CC(C)C(NC(=O)[C@@]1(C)CCC(F)(F)CO1)c1ncc(-c2ccc(-c3ccc(-c4cnc(C(NC(=O)[C@@]5(C)CCC(F)(F)CO5)C(C)C)[nH]4)cc3F)cc2)[nH]1. The van der Waals surface area contributed by atoms with Crippen LogP contribution < -0.4 is 10.6 Å². The van der Waals surface area contributed by atoms with Crippen molar-refractivity contribution < 1.29 is 41.0 Å². The normalized spacial score (nSPS) is 23.4. The maximum absolute atomic E-state index is 15.6. The molecule has 4 heterocycles. The van der Waals surface area contributed by atoms with Gasteiger partial charge in [-0.3, -0.25) is 9.59 Å². The van der Waals surface area contributed by atoms with E-state index in [1.165, 1.54) is 19.9 Å². The summed E-state index contributed by atoms with van der Waals surface area (Å²) in [4.78, 5) is 41.7. The lowest BCUT2D eigenvalue weighted by atomic mass is 9.92. The molecule has 2 aliphatic rings. The molecular formula is C40H47F5N6O4. The van der Waals surface area contributed by atoms with Crippen molar-refractivity contribution in [2.24, 2.45) is 11.8 Å². The highest BCUT2D eigenvalue weighted by molar-refractivity contribution is 5.86. The molecule has 2 aliphatic heterocycles. The summed E-state index contributed by atoms with van der Waals surface area (Å²) in [5, 5.41) is 5.83. The number of H-pyrrole nitrogens is 2. The Kier molecular flexibility index (Phi) is 11.0. The Balaban J connectivity index is 1.12. The first-order valence-electron chi connectivity index (χ1n) is 18.4. The molecule has 2 fully saturated rings. The molecule has 2 amide bonds. The van der Waals surface area contributed by atoms with Gasteiger partial charge in [-0.2, -0.15) is 0 Å². The molecule has 0 saturated carbocycles. The Bertz CT molecular complexity index is 1990. The van der Waals surface area contributed by atoms with Crippen LogP contribution in [0, 0.1) is 17.7 Å². The molecule has 0 aliphatic carbocycles. The van der Waals surface area contributed by atoms with Crippen molar-refractivity contribution in [3.8, 4) is 33.6 Å². The summed E-state index contributed by atoms with van der Waals surface area (Å²) in [6, 6.07) is 10.9. The van der Waals surface area contributed by atoms with E-state index < -0.39 is 78.8 Å².